The second-order valence-corrected chi connectivity index (χ2v) is 2.60. The first-order valence-electron chi connectivity index (χ1n) is 4.11. The number of nitrogens with zero attached hydrogens (tertiary/aromatic N) is 3. The SMILES string of the molecule is [C-]#[N+]/C(N)=C(/N=Cc1ccccc1)[N+]#[C-]. The first kappa shape index (κ1) is 10.5. The quantitative estimate of drug-likeness (QED) is 0.571. The van der Waals surface area contributed by atoms with Crippen molar-refractivity contribution in [2.75, 3.05) is 0 Å². The van der Waals surface area contributed by atoms with Crippen molar-refractivity contribution >= 4 is 6.21 Å². The predicted molar refractivity (Wildman–Crippen MR) is 58.5 cm³/mol. The van der Waals surface area contributed by atoms with Crippen LogP contribution in [0.1, 0.15) is 5.56 Å². The molecule has 0 bridgehead atoms. The number of rotatable bonds is 2. The molecule has 1 aromatic rings. The molecule has 0 atom stereocenters. The summed E-state index contributed by atoms with van der Waals surface area (Å²) in [7, 11) is 0. The van der Waals surface area contributed by atoms with Crippen molar-refractivity contribution in [1.82, 2.24) is 0 Å². The molecule has 4 heteroatoms. The molecule has 72 valence electrons. The van der Waals surface area contributed by atoms with E-state index in [1.807, 2.05) is 30.3 Å². The average molecular weight is 196 g/mol. The molecular formula is C11H8N4. The van der Waals surface area contributed by atoms with E-state index in [1.165, 1.54) is 6.21 Å². The summed E-state index contributed by atoms with van der Waals surface area (Å²) in [6, 6.07) is 9.30. The molecule has 0 heterocycles. The smallest absolute Gasteiger partial charge is 0.288 e. The minimum atomic E-state index is -0.183. The van der Waals surface area contributed by atoms with Crippen LogP contribution >= 0.6 is 0 Å². The first-order chi connectivity index (χ1) is 7.27. The lowest BCUT2D eigenvalue weighted by Gasteiger charge is -1.91. The van der Waals surface area contributed by atoms with Gasteiger partial charge in [-0.2, -0.15) is 0 Å². The van der Waals surface area contributed by atoms with Crippen LogP contribution in [0.2, 0.25) is 0 Å². The summed E-state index contributed by atoms with van der Waals surface area (Å²) in [5.74, 6) is -0.258. The largest absolute Gasteiger partial charge is 0.374 e. The zero-order chi connectivity index (χ0) is 11.1. The second-order valence-electron chi connectivity index (χ2n) is 2.60. The average Bonchev–Trinajstić information content (AvgIpc) is 2.31. The van der Waals surface area contributed by atoms with E-state index in [-0.39, 0.29) is 11.6 Å². The van der Waals surface area contributed by atoms with Gasteiger partial charge < -0.3 is 15.4 Å². The molecule has 0 aliphatic rings. The highest BCUT2D eigenvalue weighted by atomic mass is 15.0. The van der Waals surface area contributed by atoms with Gasteiger partial charge >= 0.3 is 0 Å². The Bertz CT molecular complexity index is 472. The fourth-order valence-electron chi connectivity index (χ4n) is 0.877. The van der Waals surface area contributed by atoms with E-state index in [9.17, 15) is 0 Å². The Balaban J connectivity index is 2.93. The van der Waals surface area contributed by atoms with Crippen LogP contribution in [0.25, 0.3) is 9.69 Å². The Hall–Kier alpha value is -2.59. The van der Waals surface area contributed by atoms with Crippen LogP contribution < -0.4 is 5.73 Å². The van der Waals surface area contributed by atoms with Gasteiger partial charge in [-0.05, 0) is 0 Å². The molecule has 0 radical (unpaired) electrons. The molecule has 1 rings (SSSR count). The Kier molecular flexibility index (Phi) is 3.64. The first-order valence-corrected chi connectivity index (χ1v) is 4.11. The van der Waals surface area contributed by atoms with Gasteiger partial charge in [0.2, 0.25) is 5.82 Å². The molecular weight excluding hydrogens is 188 g/mol. The standard InChI is InChI=1S/C11H8N4/c1-13-10(12)11(14-2)15-8-9-6-4-3-5-7-9/h3-8H,12H2/b11-10+,15-8?. The van der Waals surface area contributed by atoms with Crippen molar-refractivity contribution in [3.05, 3.63) is 70.4 Å². The number of hydrogen-bond donors (Lipinski definition) is 1. The van der Waals surface area contributed by atoms with E-state index in [0.29, 0.717) is 0 Å². The monoisotopic (exact) mass is 196 g/mol. The van der Waals surface area contributed by atoms with Crippen molar-refractivity contribution in [3.63, 3.8) is 0 Å². The summed E-state index contributed by atoms with van der Waals surface area (Å²) >= 11 is 0. The number of aliphatic imine (C=N–C) groups is 1. The number of benzene rings is 1. The molecule has 15 heavy (non-hydrogen) atoms. The Morgan fingerprint density at radius 2 is 1.87 bits per heavy atom. The highest BCUT2D eigenvalue weighted by Gasteiger charge is 1.98. The van der Waals surface area contributed by atoms with Gasteiger partial charge in [0.15, 0.2) is 0 Å². The van der Waals surface area contributed by atoms with Crippen LogP contribution in [0, 0.1) is 13.1 Å². The van der Waals surface area contributed by atoms with Gasteiger partial charge in [-0.1, -0.05) is 43.5 Å². The Morgan fingerprint density at radius 3 is 2.40 bits per heavy atom. The maximum atomic E-state index is 6.79. The van der Waals surface area contributed by atoms with E-state index >= 15 is 0 Å². The third-order valence-corrected chi connectivity index (χ3v) is 1.59. The third-order valence-electron chi connectivity index (χ3n) is 1.59. The molecule has 0 fully saturated rings. The van der Waals surface area contributed by atoms with Crippen LogP contribution in [-0.2, 0) is 0 Å². The lowest BCUT2D eigenvalue weighted by molar-refractivity contribution is 1.27. The van der Waals surface area contributed by atoms with Crippen LogP contribution in [0.3, 0.4) is 0 Å². The molecule has 0 aliphatic carbocycles. The molecule has 0 amide bonds. The van der Waals surface area contributed by atoms with Gasteiger partial charge in [-0.15, -0.1) is 4.99 Å². The van der Waals surface area contributed by atoms with E-state index in [4.69, 9.17) is 18.9 Å². The Labute approximate surface area is 88.0 Å². The third kappa shape index (κ3) is 2.98. The summed E-state index contributed by atoms with van der Waals surface area (Å²) in [6.45, 7) is 13.4. The zero-order valence-electron chi connectivity index (χ0n) is 7.88. The van der Waals surface area contributed by atoms with E-state index in [0.717, 1.165) is 5.56 Å². The van der Waals surface area contributed by atoms with Crippen LogP contribution in [0.5, 0.6) is 0 Å². The lowest BCUT2D eigenvalue weighted by Crippen LogP contribution is -1.94. The zero-order valence-corrected chi connectivity index (χ0v) is 7.88. The summed E-state index contributed by atoms with van der Waals surface area (Å²) in [5, 5.41) is 0. The van der Waals surface area contributed by atoms with Gasteiger partial charge in [-0.3, -0.25) is 0 Å². The van der Waals surface area contributed by atoms with Crippen LogP contribution in [0.15, 0.2) is 47.0 Å². The maximum Gasteiger partial charge on any atom is 0.288 e. The molecule has 0 saturated carbocycles. The highest BCUT2D eigenvalue weighted by Crippen LogP contribution is 2.04. The van der Waals surface area contributed by atoms with Crippen LogP contribution in [0.4, 0.5) is 0 Å². The molecule has 0 unspecified atom stereocenters. The highest BCUT2D eigenvalue weighted by molar-refractivity contribution is 5.80. The van der Waals surface area contributed by atoms with Gasteiger partial charge in [0, 0.05) is 5.56 Å². The molecule has 0 saturated heterocycles. The summed E-state index contributed by atoms with van der Waals surface area (Å²) in [6.07, 6.45) is 1.51. The van der Waals surface area contributed by atoms with Crippen LogP contribution in [-0.4, -0.2) is 6.21 Å². The topological polar surface area (TPSA) is 47.1 Å². The van der Waals surface area contributed by atoms with Crippen molar-refractivity contribution in [2.45, 2.75) is 0 Å². The molecule has 2 N–H and O–H groups in total. The molecule has 0 aliphatic heterocycles. The van der Waals surface area contributed by atoms with Gasteiger partial charge in [0.25, 0.3) is 5.82 Å². The summed E-state index contributed by atoms with van der Waals surface area (Å²) < 4.78 is 0. The van der Waals surface area contributed by atoms with Crippen molar-refractivity contribution in [1.29, 1.82) is 0 Å². The normalized spacial score (nSPS) is 11.6. The number of nitrogens with two attached hydrogens (primary N) is 1. The fraction of sp³-hybridized carbons (Fsp3) is 0. The lowest BCUT2D eigenvalue weighted by atomic mass is 10.2. The van der Waals surface area contributed by atoms with Gasteiger partial charge in [0.05, 0.1) is 0 Å². The van der Waals surface area contributed by atoms with E-state index < -0.39 is 0 Å². The predicted octanol–water partition coefficient (Wildman–Crippen LogP) is 2.03. The van der Waals surface area contributed by atoms with Crippen molar-refractivity contribution in [3.8, 4) is 0 Å². The molecule has 1 aromatic carbocycles. The second kappa shape index (κ2) is 5.21. The maximum absolute atomic E-state index is 6.79. The fourth-order valence-corrected chi connectivity index (χ4v) is 0.877. The Morgan fingerprint density at radius 1 is 1.20 bits per heavy atom. The number of hydrogen-bond acceptors (Lipinski definition) is 2. The van der Waals surface area contributed by atoms with E-state index in [2.05, 4.69) is 14.7 Å². The molecule has 0 spiro atoms. The summed E-state index contributed by atoms with van der Waals surface area (Å²) in [5.41, 5.74) is 6.15. The van der Waals surface area contributed by atoms with Gasteiger partial charge in [-0.25, -0.2) is 0 Å². The van der Waals surface area contributed by atoms with E-state index in [1.54, 1.807) is 0 Å². The molecule has 4 nitrogen and oxygen atoms in total. The molecule has 0 aromatic heterocycles. The van der Waals surface area contributed by atoms with Gasteiger partial charge in [0.1, 0.15) is 6.21 Å². The van der Waals surface area contributed by atoms with Crippen molar-refractivity contribution < 1.29 is 0 Å². The summed E-state index contributed by atoms with van der Waals surface area (Å²) in [4.78, 5) is 9.86. The van der Waals surface area contributed by atoms with Crippen molar-refractivity contribution in [2.24, 2.45) is 10.7 Å². The minimum absolute atomic E-state index is 0.0751. The minimum Gasteiger partial charge on any atom is -0.374 e.